The van der Waals surface area contributed by atoms with E-state index in [0.29, 0.717) is 38.6 Å². The van der Waals surface area contributed by atoms with E-state index in [1.165, 1.54) is 17.6 Å². The molecule has 0 saturated carbocycles. The predicted molar refractivity (Wildman–Crippen MR) is 145 cm³/mol. The molecule has 0 fully saturated rings. The Labute approximate surface area is 221 Å². The minimum absolute atomic E-state index is 0.359. The first-order valence-corrected chi connectivity index (χ1v) is 12.5. The van der Waals surface area contributed by atoms with Crippen LogP contribution in [-0.4, -0.2) is 23.7 Å². The zero-order chi connectivity index (χ0) is 24.8. The van der Waals surface area contributed by atoms with E-state index in [2.05, 4.69) is 20.8 Å². The van der Waals surface area contributed by atoms with Gasteiger partial charge < -0.3 is 10.1 Å². The van der Waals surface area contributed by atoms with E-state index in [1.54, 1.807) is 24.3 Å². The van der Waals surface area contributed by atoms with Crippen LogP contribution in [-0.2, 0) is 0 Å². The zero-order valence-electron chi connectivity index (χ0n) is 18.4. The fourth-order valence-electron chi connectivity index (χ4n) is 3.11. The van der Waals surface area contributed by atoms with E-state index in [4.69, 9.17) is 39.5 Å². The molecule has 1 amide bonds. The number of anilines is 2. The second kappa shape index (κ2) is 11.6. The topological polar surface area (TPSA) is 75.6 Å². The van der Waals surface area contributed by atoms with Crippen LogP contribution in [0.25, 0.3) is 11.3 Å². The van der Waals surface area contributed by atoms with Gasteiger partial charge in [-0.2, -0.15) is 5.10 Å². The van der Waals surface area contributed by atoms with Crippen LogP contribution >= 0.6 is 46.1 Å². The van der Waals surface area contributed by atoms with Crippen LogP contribution in [0.1, 0.15) is 22.8 Å². The third-order valence-electron chi connectivity index (χ3n) is 4.74. The number of thiazole rings is 1. The molecule has 6 nitrogen and oxygen atoms in total. The SMILES string of the molecule is CCOc1c(Cl)cc(Cl)cc1/C=N\NC(=O)c1ccc(-c2csc(Nc3ccc(Cl)cc3)n2)cc1. The number of halogens is 3. The quantitative estimate of drug-likeness (QED) is 0.176. The molecule has 0 aliphatic heterocycles. The number of ether oxygens (including phenoxy) is 1. The average molecular weight is 546 g/mol. The average Bonchev–Trinajstić information content (AvgIpc) is 3.31. The van der Waals surface area contributed by atoms with Gasteiger partial charge in [0.25, 0.3) is 5.91 Å². The molecule has 0 aliphatic rings. The number of benzene rings is 3. The highest BCUT2D eigenvalue weighted by molar-refractivity contribution is 7.14. The Bertz CT molecular complexity index is 1360. The molecule has 0 saturated heterocycles. The summed E-state index contributed by atoms with van der Waals surface area (Å²) in [6.45, 7) is 2.28. The lowest BCUT2D eigenvalue weighted by molar-refractivity contribution is 0.0955. The highest BCUT2D eigenvalue weighted by Crippen LogP contribution is 2.31. The third-order valence-corrected chi connectivity index (χ3v) is 6.25. The number of rotatable bonds is 8. The standard InChI is InChI=1S/C25H19Cl3N4O2S/c1-2-34-23-17(11-19(27)12-21(23)28)13-29-32-24(33)16-5-3-15(4-6-16)22-14-35-25(31-22)30-20-9-7-18(26)8-10-20/h3-14H,2H2,1H3,(H,30,31)(H,32,33)/b29-13-. The molecule has 4 rings (SSSR count). The van der Waals surface area contributed by atoms with E-state index in [9.17, 15) is 4.79 Å². The Morgan fingerprint density at radius 1 is 1.06 bits per heavy atom. The first-order chi connectivity index (χ1) is 16.9. The highest BCUT2D eigenvalue weighted by Gasteiger charge is 2.11. The van der Waals surface area contributed by atoms with E-state index >= 15 is 0 Å². The first kappa shape index (κ1) is 25.0. The molecule has 3 aromatic carbocycles. The Balaban J connectivity index is 1.40. The summed E-state index contributed by atoms with van der Waals surface area (Å²) in [4.78, 5) is 17.1. The lowest BCUT2D eigenvalue weighted by Crippen LogP contribution is -2.17. The number of hydrogen-bond donors (Lipinski definition) is 2. The molecule has 0 spiro atoms. The van der Waals surface area contributed by atoms with Crippen molar-refractivity contribution in [2.45, 2.75) is 6.92 Å². The van der Waals surface area contributed by atoms with Gasteiger partial charge in [-0.25, -0.2) is 10.4 Å². The minimum atomic E-state index is -0.359. The number of carbonyl (C=O) groups excluding carboxylic acids is 1. The van der Waals surface area contributed by atoms with Crippen LogP contribution in [0.15, 0.2) is 71.1 Å². The maximum absolute atomic E-state index is 12.5. The van der Waals surface area contributed by atoms with Crippen molar-refractivity contribution in [2.24, 2.45) is 5.10 Å². The lowest BCUT2D eigenvalue weighted by atomic mass is 10.1. The lowest BCUT2D eigenvalue weighted by Gasteiger charge is -2.09. The molecular formula is C25H19Cl3N4O2S. The zero-order valence-corrected chi connectivity index (χ0v) is 21.5. The molecule has 4 aromatic rings. The van der Waals surface area contributed by atoms with Crippen molar-refractivity contribution in [3.05, 3.63) is 92.2 Å². The first-order valence-electron chi connectivity index (χ1n) is 10.5. The molecule has 0 atom stereocenters. The van der Waals surface area contributed by atoms with Crippen molar-refractivity contribution < 1.29 is 9.53 Å². The van der Waals surface area contributed by atoms with Crippen LogP contribution in [0.4, 0.5) is 10.8 Å². The summed E-state index contributed by atoms with van der Waals surface area (Å²) in [7, 11) is 0. The summed E-state index contributed by atoms with van der Waals surface area (Å²) in [5.74, 6) is 0.0939. The molecule has 0 unspecified atom stereocenters. The molecule has 178 valence electrons. The van der Waals surface area contributed by atoms with Gasteiger partial charge in [0.1, 0.15) is 5.75 Å². The van der Waals surface area contributed by atoms with E-state index in [-0.39, 0.29) is 5.91 Å². The minimum Gasteiger partial charge on any atom is -0.492 e. The molecule has 0 bridgehead atoms. The Kier molecular flexibility index (Phi) is 8.25. The molecule has 0 radical (unpaired) electrons. The van der Waals surface area contributed by atoms with Crippen molar-refractivity contribution >= 4 is 69.1 Å². The molecule has 2 N–H and O–H groups in total. The van der Waals surface area contributed by atoms with E-state index < -0.39 is 0 Å². The normalized spacial score (nSPS) is 11.0. The fraction of sp³-hybridized carbons (Fsp3) is 0.0800. The van der Waals surface area contributed by atoms with Crippen LogP contribution in [0.2, 0.25) is 15.1 Å². The number of nitrogens with zero attached hydrogens (tertiary/aromatic N) is 2. The Morgan fingerprint density at radius 3 is 2.51 bits per heavy atom. The summed E-state index contributed by atoms with van der Waals surface area (Å²) >= 11 is 19.7. The van der Waals surface area contributed by atoms with Crippen LogP contribution < -0.4 is 15.5 Å². The molecule has 0 aliphatic carbocycles. The summed E-state index contributed by atoms with van der Waals surface area (Å²) in [5.41, 5.74) is 6.11. The number of amides is 1. The van der Waals surface area contributed by atoms with Crippen molar-refractivity contribution in [1.29, 1.82) is 0 Å². The fourth-order valence-corrected chi connectivity index (χ4v) is 4.54. The molecule has 1 aromatic heterocycles. The summed E-state index contributed by atoms with van der Waals surface area (Å²) in [6.07, 6.45) is 1.44. The maximum Gasteiger partial charge on any atom is 0.271 e. The number of carbonyl (C=O) groups is 1. The number of hydrazone groups is 1. The second-order valence-corrected chi connectivity index (χ2v) is 9.32. The number of nitrogens with one attached hydrogen (secondary N) is 2. The highest BCUT2D eigenvalue weighted by atomic mass is 35.5. The maximum atomic E-state index is 12.5. The number of hydrogen-bond acceptors (Lipinski definition) is 6. The van der Waals surface area contributed by atoms with Crippen LogP contribution in [0, 0.1) is 0 Å². The Morgan fingerprint density at radius 2 is 1.80 bits per heavy atom. The number of aromatic nitrogens is 1. The van der Waals surface area contributed by atoms with Crippen LogP contribution in [0.5, 0.6) is 5.75 Å². The predicted octanol–water partition coefficient (Wildman–Crippen LogP) is 7.68. The van der Waals surface area contributed by atoms with E-state index in [0.717, 1.165) is 22.1 Å². The van der Waals surface area contributed by atoms with Crippen LogP contribution in [0.3, 0.4) is 0 Å². The van der Waals surface area contributed by atoms with Gasteiger partial charge in [-0.15, -0.1) is 11.3 Å². The molecular weight excluding hydrogens is 527 g/mol. The van der Waals surface area contributed by atoms with Crippen molar-refractivity contribution in [3.8, 4) is 17.0 Å². The van der Waals surface area contributed by atoms with Gasteiger partial charge in [0.2, 0.25) is 0 Å². The van der Waals surface area contributed by atoms with Gasteiger partial charge in [0.15, 0.2) is 5.13 Å². The van der Waals surface area contributed by atoms with Gasteiger partial charge in [-0.3, -0.25) is 4.79 Å². The molecule has 10 heteroatoms. The van der Waals surface area contributed by atoms with Crippen molar-refractivity contribution in [2.75, 3.05) is 11.9 Å². The van der Waals surface area contributed by atoms with Gasteiger partial charge >= 0.3 is 0 Å². The van der Waals surface area contributed by atoms with Gasteiger partial charge in [0, 0.05) is 37.8 Å². The summed E-state index contributed by atoms with van der Waals surface area (Å²) < 4.78 is 5.55. The Hall–Kier alpha value is -3.10. The van der Waals surface area contributed by atoms with Gasteiger partial charge in [0.05, 0.1) is 23.5 Å². The van der Waals surface area contributed by atoms with Gasteiger partial charge in [-0.1, -0.05) is 46.9 Å². The van der Waals surface area contributed by atoms with Crippen molar-refractivity contribution in [3.63, 3.8) is 0 Å². The smallest absolute Gasteiger partial charge is 0.271 e. The molecule has 1 heterocycles. The largest absolute Gasteiger partial charge is 0.492 e. The third kappa shape index (κ3) is 6.52. The second-order valence-electron chi connectivity index (χ2n) is 7.19. The van der Waals surface area contributed by atoms with Crippen molar-refractivity contribution in [1.82, 2.24) is 10.4 Å². The monoisotopic (exact) mass is 544 g/mol. The molecule has 35 heavy (non-hydrogen) atoms. The summed E-state index contributed by atoms with van der Waals surface area (Å²) in [6, 6.07) is 17.8. The van der Waals surface area contributed by atoms with E-state index in [1.807, 2.05) is 48.7 Å². The van der Waals surface area contributed by atoms with Gasteiger partial charge in [-0.05, 0) is 55.5 Å². The summed E-state index contributed by atoms with van der Waals surface area (Å²) in [5, 5.41) is 11.5.